The van der Waals surface area contributed by atoms with Gasteiger partial charge in [-0.2, -0.15) is 0 Å². The molecule has 3 heterocycles. The Kier molecular flexibility index (Phi) is 9.67. The number of hydrogen-bond donors (Lipinski definition) is 3. The Hall–Kier alpha value is -2.21. The Morgan fingerprint density at radius 3 is 2.55 bits per heavy atom. The van der Waals surface area contributed by atoms with Crippen molar-refractivity contribution in [1.29, 1.82) is 0 Å². The molecule has 0 amide bonds. The summed E-state index contributed by atoms with van der Waals surface area (Å²) in [6.07, 6.45) is 2.07. The van der Waals surface area contributed by atoms with Crippen LogP contribution in [0.1, 0.15) is 45.4 Å². The van der Waals surface area contributed by atoms with Crippen LogP contribution in [0.3, 0.4) is 0 Å². The average Bonchev–Trinajstić information content (AvgIpc) is 2.88. The minimum Gasteiger partial charge on any atom is -0.381 e. The van der Waals surface area contributed by atoms with E-state index in [1.54, 1.807) is 12.3 Å². The molecule has 2 aromatic rings. The Morgan fingerprint density at radius 1 is 1.13 bits per heavy atom. The number of halogens is 5. The minimum absolute atomic E-state index is 0.0130. The molecule has 0 radical (unpaired) electrons. The first-order valence-corrected chi connectivity index (χ1v) is 13.3. The van der Waals surface area contributed by atoms with Crippen molar-refractivity contribution in [3.8, 4) is 11.3 Å². The van der Waals surface area contributed by atoms with Gasteiger partial charge in [0, 0.05) is 50.1 Å². The number of rotatable bonds is 10. The van der Waals surface area contributed by atoms with E-state index in [9.17, 15) is 17.6 Å². The van der Waals surface area contributed by atoms with Gasteiger partial charge in [-0.3, -0.25) is 4.74 Å². The predicted octanol–water partition coefficient (Wildman–Crippen LogP) is 6.01. The van der Waals surface area contributed by atoms with E-state index in [0.29, 0.717) is 41.9 Å². The lowest BCUT2D eigenvalue weighted by molar-refractivity contribution is -0.323. The molecule has 4 rings (SSSR count). The van der Waals surface area contributed by atoms with Crippen LogP contribution in [0, 0.1) is 11.2 Å². The topological polar surface area (TPSA) is 80.3 Å². The van der Waals surface area contributed by atoms with Gasteiger partial charge < -0.3 is 20.7 Å². The number of hydrogen-bond acceptors (Lipinski definition) is 7. The van der Waals surface area contributed by atoms with Gasteiger partial charge in [-0.15, -0.1) is 13.2 Å². The average molecular weight is 560 g/mol. The molecule has 3 N–H and O–H groups in total. The highest BCUT2D eigenvalue weighted by atomic mass is 35.5. The van der Waals surface area contributed by atoms with Crippen LogP contribution in [0.4, 0.5) is 29.2 Å². The van der Waals surface area contributed by atoms with Crippen LogP contribution >= 0.6 is 11.6 Å². The molecule has 0 spiro atoms. The third-order valence-corrected chi connectivity index (χ3v) is 7.54. The summed E-state index contributed by atoms with van der Waals surface area (Å²) in [5, 5.41) is 10.1. The van der Waals surface area contributed by atoms with Crippen molar-refractivity contribution < 1.29 is 27.0 Å². The fourth-order valence-corrected chi connectivity index (χ4v) is 5.05. The summed E-state index contributed by atoms with van der Waals surface area (Å²) < 4.78 is 60.1. The number of aromatic nitrogens is 2. The lowest BCUT2D eigenvalue weighted by Crippen LogP contribution is -2.39. The molecule has 210 valence electrons. The van der Waals surface area contributed by atoms with Gasteiger partial charge in [-0.25, -0.2) is 14.4 Å². The summed E-state index contributed by atoms with van der Waals surface area (Å²) in [7, 11) is 0. The lowest BCUT2D eigenvalue weighted by Gasteiger charge is -2.33. The molecule has 0 unspecified atom stereocenters. The Morgan fingerprint density at radius 2 is 1.84 bits per heavy atom. The van der Waals surface area contributed by atoms with E-state index < -0.39 is 18.8 Å². The molecule has 0 atom stereocenters. The molecular formula is C26H34ClF4N5O2. The van der Waals surface area contributed by atoms with Gasteiger partial charge in [0.25, 0.3) is 0 Å². The third-order valence-electron chi connectivity index (χ3n) is 7.24. The van der Waals surface area contributed by atoms with Gasteiger partial charge in [0.1, 0.15) is 5.82 Å². The SMILES string of the molecule is CC1(CNc2nc(-c3cc(N[C@H]4CC[C@H](NCCOC(F)(F)F)CC4)ncc3Cl)ccc2F)CCOCC1. The summed E-state index contributed by atoms with van der Waals surface area (Å²) in [6.45, 7) is 3.90. The van der Waals surface area contributed by atoms with E-state index in [-0.39, 0.29) is 29.9 Å². The maximum Gasteiger partial charge on any atom is 0.522 e. The Labute approximate surface area is 225 Å². The molecular weight excluding hydrogens is 526 g/mol. The summed E-state index contributed by atoms with van der Waals surface area (Å²) in [4.78, 5) is 8.92. The molecule has 1 aliphatic carbocycles. The van der Waals surface area contributed by atoms with Crippen LogP contribution in [0.5, 0.6) is 0 Å². The summed E-state index contributed by atoms with van der Waals surface area (Å²) >= 11 is 6.45. The van der Waals surface area contributed by atoms with Crippen LogP contribution < -0.4 is 16.0 Å². The number of nitrogens with one attached hydrogen (secondary N) is 3. The van der Waals surface area contributed by atoms with Crippen molar-refractivity contribution >= 4 is 23.2 Å². The number of alkyl halides is 3. The predicted molar refractivity (Wildman–Crippen MR) is 139 cm³/mol. The van der Waals surface area contributed by atoms with Crippen LogP contribution in [0.25, 0.3) is 11.3 Å². The highest BCUT2D eigenvalue weighted by Crippen LogP contribution is 2.33. The molecule has 7 nitrogen and oxygen atoms in total. The summed E-state index contributed by atoms with van der Waals surface area (Å²) in [5.41, 5.74) is 1.19. The molecule has 2 aromatic heterocycles. The number of pyridine rings is 2. The molecule has 1 aliphatic heterocycles. The maximum atomic E-state index is 14.6. The van der Waals surface area contributed by atoms with E-state index in [2.05, 4.69) is 37.6 Å². The van der Waals surface area contributed by atoms with Crippen LogP contribution in [0.15, 0.2) is 24.4 Å². The van der Waals surface area contributed by atoms with Crippen molar-refractivity contribution in [2.75, 3.05) is 43.5 Å². The molecule has 1 saturated heterocycles. The molecule has 12 heteroatoms. The normalized spacial score (nSPS) is 21.7. The highest BCUT2D eigenvalue weighted by molar-refractivity contribution is 6.33. The zero-order valence-corrected chi connectivity index (χ0v) is 22.1. The Bertz CT molecular complexity index is 1060. The molecule has 38 heavy (non-hydrogen) atoms. The smallest absolute Gasteiger partial charge is 0.381 e. The van der Waals surface area contributed by atoms with Crippen molar-refractivity contribution in [3.05, 3.63) is 35.2 Å². The van der Waals surface area contributed by atoms with Gasteiger partial charge >= 0.3 is 6.36 Å². The minimum atomic E-state index is -4.60. The van der Waals surface area contributed by atoms with Gasteiger partial charge in [-0.05, 0) is 62.1 Å². The van der Waals surface area contributed by atoms with E-state index in [1.165, 1.54) is 6.07 Å². The van der Waals surface area contributed by atoms with Gasteiger partial charge in [0.15, 0.2) is 11.6 Å². The van der Waals surface area contributed by atoms with E-state index in [4.69, 9.17) is 16.3 Å². The molecule has 0 aromatic carbocycles. The van der Waals surface area contributed by atoms with E-state index in [1.807, 2.05) is 6.07 Å². The fraction of sp³-hybridized carbons (Fsp3) is 0.615. The molecule has 2 aliphatic rings. The van der Waals surface area contributed by atoms with Crippen molar-refractivity contribution in [1.82, 2.24) is 15.3 Å². The van der Waals surface area contributed by atoms with E-state index >= 15 is 0 Å². The van der Waals surface area contributed by atoms with Gasteiger partial charge in [0.2, 0.25) is 0 Å². The lowest BCUT2D eigenvalue weighted by atomic mass is 9.82. The largest absolute Gasteiger partial charge is 0.522 e. The quantitative estimate of drug-likeness (QED) is 0.243. The monoisotopic (exact) mass is 559 g/mol. The molecule has 0 bridgehead atoms. The van der Waals surface area contributed by atoms with Crippen molar-refractivity contribution in [2.24, 2.45) is 5.41 Å². The summed E-state index contributed by atoms with van der Waals surface area (Å²) in [5.74, 6) is 0.391. The highest BCUT2D eigenvalue weighted by Gasteiger charge is 2.29. The molecule has 2 fully saturated rings. The van der Waals surface area contributed by atoms with Crippen LogP contribution in [-0.4, -0.2) is 61.3 Å². The van der Waals surface area contributed by atoms with Crippen LogP contribution in [0.2, 0.25) is 5.02 Å². The number of ether oxygens (including phenoxy) is 2. The van der Waals surface area contributed by atoms with Crippen molar-refractivity contribution in [3.63, 3.8) is 0 Å². The second-order valence-corrected chi connectivity index (χ2v) is 10.7. The number of nitrogens with zero attached hydrogens (tertiary/aromatic N) is 2. The zero-order valence-electron chi connectivity index (χ0n) is 21.3. The molecule has 1 saturated carbocycles. The first-order chi connectivity index (χ1) is 18.1. The maximum absolute atomic E-state index is 14.6. The standard InChI is InChI=1S/C26H34ClF4N5O2/c1-25(8-11-37-12-9-25)16-34-24-21(28)6-7-22(36-24)19-14-23(33-15-20(19)27)35-18-4-2-17(3-5-18)32-10-13-38-26(29,30)31/h6-7,14-15,17-18,32H,2-5,8-13,16H2,1H3,(H,33,35)(H,34,36)/t17-,18-. The first kappa shape index (κ1) is 28.8. The van der Waals surface area contributed by atoms with Crippen molar-refractivity contribution in [2.45, 2.75) is 63.9 Å². The summed E-state index contributed by atoms with van der Waals surface area (Å²) in [6, 6.07) is 5.11. The number of anilines is 2. The van der Waals surface area contributed by atoms with Gasteiger partial charge in [0.05, 0.1) is 17.3 Å². The first-order valence-electron chi connectivity index (χ1n) is 12.9. The van der Waals surface area contributed by atoms with E-state index in [0.717, 1.165) is 38.5 Å². The van der Waals surface area contributed by atoms with Gasteiger partial charge in [-0.1, -0.05) is 18.5 Å². The van der Waals surface area contributed by atoms with Crippen LogP contribution in [-0.2, 0) is 9.47 Å². The third kappa shape index (κ3) is 8.39. The zero-order chi connectivity index (χ0) is 27.2. The Balaban J connectivity index is 1.33. The fourth-order valence-electron chi connectivity index (χ4n) is 4.85. The second-order valence-electron chi connectivity index (χ2n) is 10.3. The second kappa shape index (κ2) is 12.8.